The van der Waals surface area contributed by atoms with Crippen molar-refractivity contribution in [3.8, 4) is 11.1 Å². The molecule has 6 aromatic carbocycles. The van der Waals surface area contributed by atoms with Crippen LogP contribution in [0.2, 0.25) is 0 Å². The van der Waals surface area contributed by atoms with E-state index in [-0.39, 0.29) is 18.5 Å². The smallest absolute Gasteiger partial charge is 0.0862 e. The number of rotatable bonds is 4. The molecule has 1 aliphatic heterocycles. The first-order valence-corrected chi connectivity index (χ1v) is 20.1. The van der Waals surface area contributed by atoms with Crippen molar-refractivity contribution in [2.24, 2.45) is 0 Å². The second kappa shape index (κ2) is 12.0. The van der Waals surface area contributed by atoms with Crippen molar-refractivity contribution in [3.05, 3.63) is 161 Å². The fourth-order valence-electron chi connectivity index (χ4n) is 8.40. The third kappa shape index (κ3) is 4.86. The second-order valence-electron chi connectivity index (χ2n) is 13.7. The number of hydrogen-bond donors (Lipinski definition) is 3. The zero-order valence-electron chi connectivity index (χ0n) is 27.6. The van der Waals surface area contributed by atoms with Crippen LogP contribution in [0.15, 0.2) is 140 Å². The van der Waals surface area contributed by atoms with Gasteiger partial charge in [-0.25, -0.2) is 0 Å². The Bertz CT molecular complexity index is 2810. The SMILES string of the molecule is C1=Cc2c(sc3ccccc23)C(C2NC(c3ccccc3)NC(c3ccc4c(c3)sc3cccc(-c5cccc6c5sc5ccccc56)c34)N2)C1. The fourth-order valence-corrected chi connectivity index (χ4v) is 12.2. The highest BCUT2D eigenvalue weighted by atomic mass is 32.1. The topological polar surface area (TPSA) is 36.1 Å². The van der Waals surface area contributed by atoms with E-state index in [4.69, 9.17) is 0 Å². The van der Waals surface area contributed by atoms with E-state index in [1.54, 1.807) is 0 Å². The summed E-state index contributed by atoms with van der Waals surface area (Å²) in [5.41, 5.74) is 6.53. The van der Waals surface area contributed by atoms with E-state index in [2.05, 4.69) is 162 Å². The molecule has 51 heavy (non-hydrogen) atoms. The van der Waals surface area contributed by atoms with Crippen LogP contribution in [0.25, 0.3) is 67.6 Å². The van der Waals surface area contributed by atoms with E-state index in [9.17, 15) is 0 Å². The van der Waals surface area contributed by atoms with Crippen molar-refractivity contribution in [2.75, 3.05) is 0 Å². The zero-order chi connectivity index (χ0) is 33.5. The van der Waals surface area contributed by atoms with Crippen molar-refractivity contribution in [3.63, 3.8) is 0 Å². The van der Waals surface area contributed by atoms with Crippen LogP contribution in [0.4, 0.5) is 0 Å². The van der Waals surface area contributed by atoms with Crippen LogP contribution < -0.4 is 16.0 Å². The van der Waals surface area contributed by atoms with E-state index in [0.717, 1.165) is 6.42 Å². The highest BCUT2D eigenvalue weighted by Gasteiger charge is 2.36. The van der Waals surface area contributed by atoms with Crippen LogP contribution in [-0.2, 0) is 0 Å². The molecule has 0 radical (unpaired) electrons. The molecule has 6 heteroatoms. The number of hydrogen-bond acceptors (Lipinski definition) is 6. The minimum Gasteiger partial charge on any atom is -0.282 e. The maximum Gasteiger partial charge on any atom is 0.0862 e. The molecule has 0 bridgehead atoms. The van der Waals surface area contributed by atoms with Gasteiger partial charge in [0.25, 0.3) is 0 Å². The van der Waals surface area contributed by atoms with Gasteiger partial charge in [0.1, 0.15) is 0 Å². The molecule has 1 fully saturated rings. The van der Waals surface area contributed by atoms with Crippen molar-refractivity contribution >= 4 is 90.5 Å². The van der Waals surface area contributed by atoms with E-state index < -0.39 is 0 Å². The van der Waals surface area contributed by atoms with E-state index in [1.165, 1.54) is 83.1 Å². The van der Waals surface area contributed by atoms with Crippen LogP contribution in [0, 0.1) is 0 Å². The minimum atomic E-state index is -0.0217. The Morgan fingerprint density at radius 3 is 2.08 bits per heavy atom. The van der Waals surface area contributed by atoms with E-state index in [1.807, 2.05) is 34.0 Å². The monoisotopic (exact) mass is 711 g/mol. The highest BCUT2D eigenvalue weighted by Crippen LogP contribution is 2.47. The van der Waals surface area contributed by atoms with Gasteiger partial charge in [-0.3, -0.25) is 16.0 Å². The molecule has 3 nitrogen and oxygen atoms in total. The predicted molar refractivity (Wildman–Crippen MR) is 221 cm³/mol. The summed E-state index contributed by atoms with van der Waals surface area (Å²) >= 11 is 5.76. The van der Waals surface area contributed by atoms with E-state index >= 15 is 0 Å². The van der Waals surface area contributed by atoms with Crippen LogP contribution >= 0.6 is 34.0 Å². The summed E-state index contributed by atoms with van der Waals surface area (Å²) in [6, 6.07) is 49.2. The highest BCUT2D eigenvalue weighted by molar-refractivity contribution is 7.27. The van der Waals surface area contributed by atoms with Crippen LogP contribution in [-0.4, -0.2) is 6.17 Å². The summed E-state index contributed by atoms with van der Waals surface area (Å²) in [6.45, 7) is 0. The number of nitrogens with one attached hydrogen (secondary N) is 3. The number of fused-ring (bicyclic) bond motifs is 9. The molecule has 4 heterocycles. The number of benzene rings is 6. The average molecular weight is 712 g/mol. The minimum absolute atomic E-state index is 0.0118. The molecule has 11 rings (SSSR count). The maximum absolute atomic E-state index is 4.05. The standard InChI is InChI=1S/C45H33N3S3/c1-2-11-26(12-3-1)43-46-44(48-45(47-43)35-19-9-17-32-29-14-5-7-21-37(29)51-42(32)35)27-23-24-34-39(25-27)49-38-22-10-15-30(40(34)38)33-18-8-16-31-28-13-4-6-20-36(28)50-41(31)33/h1-18,20-25,35,43-48H,19H2. The maximum atomic E-state index is 4.05. The van der Waals surface area contributed by atoms with Crippen molar-refractivity contribution in [1.82, 2.24) is 16.0 Å². The Hall–Kier alpha value is -4.66. The molecule has 0 saturated carbocycles. The molecule has 9 aromatic rings. The van der Waals surface area contributed by atoms with E-state index in [0.29, 0.717) is 5.92 Å². The van der Waals surface area contributed by atoms with Crippen LogP contribution in [0.1, 0.15) is 46.2 Å². The normalized spacial score (nSPS) is 20.5. The molecule has 1 saturated heterocycles. The lowest BCUT2D eigenvalue weighted by Crippen LogP contribution is -2.61. The summed E-state index contributed by atoms with van der Waals surface area (Å²) in [4.78, 5) is 1.47. The fraction of sp³-hybridized carbons (Fsp3) is 0.111. The third-order valence-corrected chi connectivity index (χ3v) is 14.4. The lowest BCUT2D eigenvalue weighted by molar-refractivity contribution is 0.180. The first kappa shape index (κ1) is 30.0. The van der Waals surface area contributed by atoms with Gasteiger partial charge in [0.05, 0.1) is 18.5 Å². The van der Waals surface area contributed by atoms with Gasteiger partial charge in [0.15, 0.2) is 0 Å². The van der Waals surface area contributed by atoms with Crippen molar-refractivity contribution in [1.29, 1.82) is 0 Å². The predicted octanol–water partition coefficient (Wildman–Crippen LogP) is 12.3. The number of thiophene rings is 3. The Labute approximate surface area is 307 Å². The van der Waals surface area contributed by atoms with Crippen LogP contribution in [0.3, 0.4) is 0 Å². The summed E-state index contributed by atoms with van der Waals surface area (Å²) < 4.78 is 6.72. The molecular weight excluding hydrogens is 679 g/mol. The van der Waals surface area contributed by atoms with Gasteiger partial charge in [-0.2, -0.15) is 0 Å². The van der Waals surface area contributed by atoms with Gasteiger partial charge in [-0.05, 0) is 58.3 Å². The Kier molecular flexibility index (Phi) is 7.04. The van der Waals surface area contributed by atoms with Crippen molar-refractivity contribution in [2.45, 2.75) is 30.8 Å². The first-order valence-electron chi connectivity index (χ1n) is 17.6. The Morgan fingerprint density at radius 1 is 0.490 bits per heavy atom. The summed E-state index contributed by atoms with van der Waals surface area (Å²) in [5.74, 6) is 0.324. The number of allylic oxidation sites excluding steroid dienone is 1. The Balaban J connectivity index is 1.01. The second-order valence-corrected chi connectivity index (χ2v) is 16.9. The quantitative estimate of drug-likeness (QED) is 0.170. The molecule has 0 amide bonds. The summed E-state index contributed by atoms with van der Waals surface area (Å²) in [7, 11) is 0. The van der Waals surface area contributed by atoms with Crippen molar-refractivity contribution < 1.29 is 0 Å². The lowest BCUT2D eigenvalue weighted by Gasteiger charge is -2.43. The molecule has 246 valence electrons. The molecule has 3 aromatic heterocycles. The summed E-state index contributed by atoms with van der Waals surface area (Å²) in [6.07, 6.45) is 5.78. The molecule has 3 N–H and O–H groups in total. The first-order chi connectivity index (χ1) is 25.3. The molecule has 2 aliphatic rings. The van der Waals surface area contributed by atoms with Gasteiger partial charge in [-0.1, -0.05) is 121 Å². The molecule has 1 aliphatic carbocycles. The lowest BCUT2D eigenvalue weighted by atomic mass is 9.89. The largest absolute Gasteiger partial charge is 0.282 e. The van der Waals surface area contributed by atoms with Gasteiger partial charge < -0.3 is 0 Å². The Morgan fingerprint density at radius 2 is 1.20 bits per heavy atom. The molecule has 0 spiro atoms. The van der Waals surface area contributed by atoms with Crippen LogP contribution in [0.5, 0.6) is 0 Å². The van der Waals surface area contributed by atoms with Gasteiger partial charge in [-0.15, -0.1) is 34.0 Å². The molecule has 4 atom stereocenters. The molecular formula is C45H33N3S3. The summed E-state index contributed by atoms with van der Waals surface area (Å²) in [5, 5.41) is 18.7. The third-order valence-electron chi connectivity index (χ3n) is 10.8. The van der Waals surface area contributed by atoms with Gasteiger partial charge in [0, 0.05) is 61.4 Å². The zero-order valence-corrected chi connectivity index (χ0v) is 30.0. The molecule has 4 unspecified atom stereocenters. The van der Waals surface area contributed by atoms with Gasteiger partial charge >= 0.3 is 0 Å². The average Bonchev–Trinajstić information content (AvgIpc) is 3.89. The van der Waals surface area contributed by atoms with Gasteiger partial charge in [0.2, 0.25) is 0 Å².